The van der Waals surface area contributed by atoms with E-state index in [1.807, 2.05) is 0 Å². The zero-order valence-corrected chi connectivity index (χ0v) is 11.5. The minimum atomic E-state index is -0.770. The molecule has 7 nitrogen and oxygen atoms in total. The lowest BCUT2D eigenvalue weighted by Crippen LogP contribution is -2.41. The fraction of sp³-hybridized carbons (Fsp3) is 0.385. The largest absolute Gasteiger partial charge is 0.467 e. The maximum absolute atomic E-state index is 12.0. The molecule has 1 N–H and O–H groups in total. The number of carbonyl (C=O) groups excluding carboxylic acids is 2. The van der Waals surface area contributed by atoms with E-state index in [0.717, 1.165) is 0 Å². The van der Waals surface area contributed by atoms with Gasteiger partial charge in [0.05, 0.1) is 18.0 Å². The Labute approximate surface area is 116 Å². The number of nitro benzene ring substituents is 1. The molecule has 0 saturated heterocycles. The topological polar surface area (TPSA) is 98.5 Å². The van der Waals surface area contributed by atoms with Crippen molar-refractivity contribution in [2.45, 2.75) is 25.8 Å². The molecule has 0 saturated carbocycles. The maximum atomic E-state index is 12.0. The summed E-state index contributed by atoms with van der Waals surface area (Å²) in [6, 6.07) is 5.06. The minimum absolute atomic E-state index is 0.0804. The highest BCUT2D eigenvalue weighted by Gasteiger charge is 2.22. The van der Waals surface area contributed by atoms with Gasteiger partial charge in [0.1, 0.15) is 6.04 Å². The van der Waals surface area contributed by atoms with E-state index < -0.39 is 28.8 Å². The average Bonchev–Trinajstić information content (AvgIpc) is 2.45. The van der Waals surface area contributed by atoms with Crippen LogP contribution in [0.25, 0.3) is 0 Å². The highest BCUT2D eigenvalue weighted by Crippen LogP contribution is 2.20. The lowest BCUT2D eigenvalue weighted by Gasteiger charge is -2.16. The quantitative estimate of drug-likeness (QED) is 0.499. The zero-order valence-electron chi connectivity index (χ0n) is 11.5. The van der Waals surface area contributed by atoms with E-state index >= 15 is 0 Å². The molecule has 0 aliphatic heterocycles. The Kier molecular flexibility index (Phi) is 5.19. The normalized spacial score (nSPS) is 13.2. The van der Waals surface area contributed by atoms with Crippen molar-refractivity contribution in [1.82, 2.24) is 5.32 Å². The lowest BCUT2D eigenvalue weighted by atomic mass is 9.99. The molecule has 0 bridgehead atoms. The van der Waals surface area contributed by atoms with Crippen molar-refractivity contribution in [3.05, 3.63) is 39.9 Å². The second-order valence-corrected chi connectivity index (χ2v) is 4.33. The molecule has 0 radical (unpaired) electrons. The summed E-state index contributed by atoms with van der Waals surface area (Å²) in [7, 11) is 1.23. The average molecular weight is 280 g/mol. The second-order valence-electron chi connectivity index (χ2n) is 4.33. The zero-order chi connectivity index (χ0) is 15.3. The highest BCUT2D eigenvalue weighted by molar-refractivity contribution is 5.88. The van der Waals surface area contributed by atoms with Crippen LogP contribution in [0.3, 0.4) is 0 Å². The molecule has 2 atom stereocenters. The van der Waals surface area contributed by atoms with Crippen molar-refractivity contribution < 1.29 is 19.2 Å². The van der Waals surface area contributed by atoms with Crippen LogP contribution in [0.1, 0.15) is 25.3 Å². The van der Waals surface area contributed by atoms with Crippen LogP contribution in [0.15, 0.2) is 24.3 Å². The summed E-state index contributed by atoms with van der Waals surface area (Å²) in [6.45, 7) is 3.11. The molecule has 0 aliphatic carbocycles. The van der Waals surface area contributed by atoms with Crippen LogP contribution < -0.4 is 5.32 Å². The molecule has 0 spiro atoms. The molecule has 20 heavy (non-hydrogen) atoms. The Balaban J connectivity index is 2.81. The number of ether oxygens (including phenoxy) is 1. The molecule has 1 aromatic rings. The van der Waals surface area contributed by atoms with Gasteiger partial charge in [-0.3, -0.25) is 14.9 Å². The number of nitro groups is 1. The van der Waals surface area contributed by atoms with Crippen molar-refractivity contribution in [3.8, 4) is 0 Å². The maximum Gasteiger partial charge on any atom is 0.328 e. The molecule has 7 heteroatoms. The van der Waals surface area contributed by atoms with Gasteiger partial charge in [-0.15, -0.1) is 0 Å². The van der Waals surface area contributed by atoms with Crippen LogP contribution in [0.4, 0.5) is 5.69 Å². The number of rotatable bonds is 5. The van der Waals surface area contributed by atoms with Gasteiger partial charge >= 0.3 is 5.97 Å². The Hall–Kier alpha value is -2.44. The summed E-state index contributed by atoms with van der Waals surface area (Å²) in [5.41, 5.74) is 0.428. The van der Waals surface area contributed by atoms with Gasteiger partial charge in [0.25, 0.3) is 5.69 Å². The Morgan fingerprint density at radius 2 is 2.00 bits per heavy atom. The first-order valence-corrected chi connectivity index (χ1v) is 5.99. The van der Waals surface area contributed by atoms with Crippen LogP contribution in [0.5, 0.6) is 0 Å². The molecule has 0 heterocycles. The molecule has 1 amide bonds. The number of nitrogens with zero attached hydrogens (tertiary/aromatic N) is 1. The third kappa shape index (κ3) is 3.78. The van der Waals surface area contributed by atoms with E-state index in [9.17, 15) is 19.7 Å². The molecular weight excluding hydrogens is 264 g/mol. The Morgan fingerprint density at radius 3 is 2.55 bits per heavy atom. The first-order valence-electron chi connectivity index (χ1n) is 5.99. The Morgan fingerprint density at radius 1 is 1.35 bits per heavy atom. The number of methoxy groups -OCH3 is 1. The number of esters is 1. The molecule has 0 aromatic heterocycles. The number of carbonyl (C=O) groups is 2. The summed E-state index contributed by atoms with van der Waals surface area (Å²) in [4.78, 5) is 33.4. The summed E-state index contributed by atoms with van der Waals surface area (Å²) in [5, 5.41) is 13.2. The Bertz CT molecular complexity index is 529. The molecule has 0 fully saturated rings. The predicted octanol–water partition coefficient (Wildman–Crippen LogP) is 1.38. The molecule has 1 aromatic carbocycles. The van der Waals surface area contributed by atoms with E-state index in [1.54, 1.807) is 13.0 Å². The number of non-ortho nitro benzene ring substituents is 1. The van der Waals surface area contributed by atoms with Crippen molar-refractivity contribution in [3.63, 3.8) is 0 Å². The minimum Gasteiger partial charge on any atom is -0.467 e. The second kappa shape index (κ2) is 6.65. The van der Waals surface area contributed by atoms with Gasteiger partial charge in [0.15, 0.2) is 0 Å². The fourth-order valence-corrected chi connectivity index (χ4v) is 1.63. The molecule has 108 valence electrons. The molecule has 0 aliphatic rings. The van der Waals surface area contributed by atoms with E-state index in [1.165, 1.54) is 32.2 Å². The monoisotopic (exact) mass is 280 g/mol. The van der Waals surface area contributed by atoms with Crippen LogP contribution in [-0.2, 0) is 14.3 Å². The number of nitrogens with one attached hydrogen (secondary N) is 1. The van der Waals surface area contributed by atoms with E-state index in [-0.39, 0.29) is 5.69 Å². The standard InChI is InChI=1S/C13H16N2O5/c1-8(12(16)14-9(2)13(17)20-3)10-5-4-6-11(7-10)15(18)19/h4-9H,1-3H3,(H,14,16). The van der Waals surface area contributed by atoms with E-state index in [0.29, 0.717) is 5.56 Å². The van der Waals surface area contributed by atoms with E-state index in [4.69, 9.17) is 0 Å². The van der Waals surface area contributed by atoms with Crippen molar-refractivity contribution in [2.75, 3.05) is 7.11 Å². The molecule has 2 unspecified atom stereocenters. The van der Waals surface area contributed by atoms with Gasteiger partial charge < -0.3 is 10.1 Å². The van der Waals surface area contributed by atoms with Gasteiger partial charge in [-0.05, 0) is 19.4 Å². The number of benzene rings is 1. The third-order valence-corrected chi connectivity index (χ3v) is 2.89. The summed E-state index contributed by atoms with van der Waals surface area (Å²) < 4.78 is 4.51. The summed E-state index contributed by atoms with van der Waals surface area (Å²) >= 11 is 0. The molecular formula is C13H16N2O5. The molecule has 1 rings (SSSR count). The van der Waals surface area contributed by atoms with Gasteiger partial charge in [-0.25, -0.2) is 4.79 Å². The van der Waals surface area contributed by atoms with Crippen LogP contribution in [0.2, 0.25) is 0 Å². The van der Waals surface area contributed by atoms with E-state index in [2.05, 4.69) is 10.1 Å². The highest BCUT2D eigenvalue weighted by atomic mass is 16.6. The number of amides is 1. The van der Waals surface area contributed by atoms with Gasteiger partial charge in [0, 0.05) is 12.1 Å². The van der Waals surface area contributed by atoms with Gasteiger partial charge in [-0.2, -0.15) is 0 Å². The van der Waals surface area contributed by atoms with Gasteiger partial charge in [0.2, 0.25) is 5.91 Å². The number of hydrogen-bond donors (Lipinski definition) is 1. The van der Waals surface area contributed by atoms with Crippen molar-refractivity contribution in [2.24, 2.45) is 0 Å². The lowest BCUT2D eigenvalue weighted by molar-refractivity contribution is -0.384. The fourth-order valence-electron chi connectivity index (χ4n) is 1.63. The SMILES string of the molecule is COC(=O)C(C)NC(=O)C(C)c1cccc([N+](=O)[O-])c1. The first-order chi connectivity index (χ1) is 9.36. The smallest absolute Gasteiger partial charge is 0.328 e. The number of hydrogen-bond acceptors (Lipinski definition) is 5. The third-order valence-electron chi connectivity index (χ3n) is 2.89. The van der Waals surface area contributed by atoms with Crippen LogP contribution >= 0.6 is 0 Å². The van der Waals surface area contributed by atoms with Crippen molar-refractivity contribution >= 4 is 17.6 Å². The van der Waals surface area contributed by atoms with Crippen LogP contribution in [-0.4, -0.2) is 30.0 Å². The van der Waals surface area contributed by atoms with Gasteiger partial charge in [-0.1, -0.05) is 12.1 Å². The van der Waals surface area contributed by atoms with Crippen LogP contribution in [0, 0.1) is 10.1 Å². The first kappa shape index (κ1) is 15.6. The predicted molar refractivity (Wildman–Crippen MR) is 71.1 cm³/mol. The van der Waals surface area contributed by atoms with Crippen molar-refractivity contribution in [1.29, 1.82) is 0 Å². The summed E-state index contributed by atoms with van der Waals surface area (Å²) in [6.07, 6.45) is 0. The summed E-state index contributed by atoms with van der Waals surface area (Å²) in [5.74, 6) is -1.56.